The Kier molecular flexibility index (Phi) is 2.82. The summed E-state index contributed by atoms with van der Waals surface area (Å²) in [6.07, 6.45) is 5.15. The van der Waals surface area contributed by atoms with E-state index in [-0.39, 0.29) is 11.5 Å². The normalized spacial score (nSPS) is 26.7. The summed E-state index contributed by atoms with van der Waals surface area (Å²) in [7, 11) is 0. The highest BCUT2D eigenvalue weighted by molar-refractivity contribution is 5.93. The van der Waals surface area contributed by atoms with E-state index in [1.165, 1.54) is 16.5 Å². The number of hydrogen-bond acceptors (Lipinski definition) is 2. The van der Waals surface area contributed by atoms with Crippen molar-refractivity contribution in [2.75, 3.05) is 5.32 Å². The van der Waals surface area contributed by atoms with E-state index in [1.807, 2.05) is 12.1 Å². The number of fused-ring (bicyclic) bond motifs is 4. The van der Waals surface area contributed by atoms with Gasteiger partial charge in [0.1, 0.15) is 5.60 Å². The van der Waals surface area contributed by atoms with E-state index in [0.717, 1.165) is 23.2 Å². The van der Waals surface area contributed by atoms with Crippen molar-refractivity contribution in [3.05, 3.63) is 71.9 Å². The Hall–Kier alpha value is -2.52. The highest BCUT2D eigenvalue weighted by atomic mass is 16.3. The molecule has 1 aromatic heterocycles. The average Bonchev–Trinajstić information content (AvgIpc) is 3.15. The number of anilines is 1. The van der Waals surface area contributed by atoms with Gasteiger partial charge in [0.25, 0.3) is 0 Å². The summed E-state index contributed by atoms with van der Waals surface area (Å²) in [5, 5.41) is 16.5. The van der Waals surface area contributed by atoms with Gasteiger partial charge in [-0.1, -0.05) is 56.3 Å². The van der Waals surface area contributed by atoms with Gasteiger partial charge in [-0.15, -0.1) is 0 Å². The largest absolute Gasteiger partial charge is 0.382 e. The number of para-hydroxylation sites is 2. The van der Waals surface area contributed by atoms with Crippen LogP contribution in [0.1, 0.15) is 31.4 Å². The molecule has 0 fully saturated rings. The molecule has 0 amide bonds. The molecule has 2 aliphatic rings. The number of aliphatic hydroxyl groups is 1. The zero-order chi connectivity index (χ0) is 17.2. The quantitative estimate of drug-likeness (QED) is 0.607. The monoisotopic (exact) mass is 330 g/mol. The topological polar surface area (TPSA) is 48.0 Å². The van der Waals surface area contributed by atoms with Crippen LogP contribution in [0.2, 0.25) is 0 Å². The molecule has 2 unspecified atom stereocenters. The fourth-order valence-electron chi connectivity index (χ4n) is 4.72. The number of rotatable bonds is 1. The SMILES string of the molecule is CC1(C)CC(c2c[nH]c3ccccc23)=CC2Nc3ccccc3C21O. The van der Waals surface area contributed by atoms with Crippen LogP contribution < -0.4 is 5.32 Å². The maximum atomic E-state index is 11.7. The lowest BCUT2D eigenvalue weighted by atomic mass is 9.61. The van der Waals surface area contributed by atoms with Crippen molar-refractivity contribution < 1.29 is 5.11 Å². The molecule has 1 aliphatic heterocycles. The second kappa shape index (κ2) is 4.77. The van der Waals surface area contributed by atoms with Gasteiger partial charge in [0, 0.05) is 39.3 Å². The molecule has 0 saturated heterocycles. The smallest absolute Gasteiger partial charge is 0.121 e. The summed E-state index contributed by atoms with van der Waals surface area (Å²) in [4.78, 5) is 3.38. The van der Waals surface area contributed by atoms with Crippen LogP contribution in [-0.4, -0.2) is 16.1 Å². The van der Waals surface area contributed by atoms with Crippen LogP contribution in [0.4, 0.5) is 5.69 Å². The molecule has 1 aliphatic carbocycles. The predicted molar refractivity (Wildman–Crippen MR) is 102 cm³/mol. The maximum absolute atomic E-state index is 11.7. The lowest BCUT2D eigenvalue weighted by Crippen LogP contribution is -2.51. The van der Waals surface area contributed by atoms with Gasteiger partial charge in [0.2, 0.25) is 0 Å². The Morgan fingerprint density at radius 3 is 2.68 bits per heavy atom. The second-order valence-electron chi connectivity index (χ2n) is 7.93. The van der Waals surface area contributed by atoms with Crippen LogP contribution >= 0.6 is 0 Å². The van der Waals surface area contributed by atoms with Gasteiger partial charge in [-0.2, -0.15) is 0 Å². The van der Waals surface area contributed by atoms with Crippen LogP contribution in [0.3, 0.4) is 0 Å². The summed E-state index contributed by atoms with van der Waals surface area (Å²) in [5.74, 6) is 0. The Labute approximate surface area is 147 Å². The zero-order valence-electron chi connectivity index (χ0n) is 14.5. The second-order valence-corrected chi connectivity index (χ2v) is 7.93. The van der Waals surface area contributed by atoms with E-state index in [1.54, 1.807) is 0 Å². The summed E-state index contributed by atoms with van der Waals surface area (Å²) >= 11 is 0. The molecule has 0 bridgehead atoms. The minimum absolute atomic E-state index is 0.114. The molecule has 5 rings (SSSR count). The standard InChI is InChI=1S/C22H22N2O/c1-21(2)12-14(16-13-23-18-9-5-3-7-15(16)18)11-20-22(21,25)17-8-4-6-10-19(17)24-20/h3-11,13,20,23-25H,12H2,1-2H3. The van der Waals surface area contributed by atoms with Gasteiger partial charge < -0.3 is 15.4 Å². The summed E-state index contributed by atoms with van der Waals surface area (Å²) in [6.45, 7) is 4.34. The highest BCUT2D eigenvalue weighted by Gasteiger charge is 2.56. The van der Waals surface area contributed by atoms with Crippen LogP contribution in [0.25, 0.3) is 16.5 Å². The summed E-state index contributed by atoms with van der Waals surface area (Å²) < 4.78 is 0. The predicted octanol–water partition coefficient (Wildman–Crippen LogP) is 4.66. The van der Waals surface area contributed by atoms with E-state index in [4.69, 9.17) is 0 Å². The lowest BCUT2D eigenvalue weighted by molar-refractivity contribution is -0.0739. The first-order valence-corrected chi connectivity index (χ1v) is 8.86. The molecule has 2 aromatic carbocycles. The molecule has 0 radical (unpaired) electrons. The fraction of sp³-hybridized carbons (Fsp3) is 0.273. The molecule has 0 spiro atoms. The molecule has 3 nitrogen and oxygen atoms in total. The van der Waals surface area contributed by atoms with Gasteiger partial charge in [-0.3, -0.25) is 0 Å². The summed E-state index contributed by atoms with van der Waals surface area (Å²) in [5.41, 5.74) is 4.57. The number of allylic oxidation sites excluding steroid dienone is 1. The van der Waals surface area contributed by atoms with Gasteiger partial charge in [0.15, 0.2) is 0 Å². The van der Waals surface area contributed by atoms with Crippen molar-refractivity contribution in [3.8, 4) is 0 Å². The molecule has 2 heterocycles. The highest BCUT2D eigenvalue weighted by Crippen LogP contribution is 2.57. The van der Waals surface area contributed by atoms with E-state index in [2.05, 4.69) is 72.8 Å². The first-order chi connectivity index (χ1) is 12.0. The van der Waals surface area contributed by atoms with Crippen molar-refractivity contribution in [3.63, 3.8) is 0 Å². The minimum atomic E-state index is -0.890. The van der Waals surface area contributed by atoms with E-state index in [9.17, 15) is 5.11 Å². The van der Waals surface area contributed by atoms with Crippen LogP contribution in [0.15, 0.2) is 60.8 Å². The first kappa shape index (κ1) is 14.8. The molecular weight excluding hydrogens is 308 g/mol. The third kappa shape index (κ3) is 1.84. The van der Waals surface area contributed by atoms with E-state index in [0.29, 0.717) is 0 Å². The van der Waals surface area contributed by atoms with E-state index >= 15 is 0 Å². The van der Waals surface area contributed by atoms with E-state index < -0.39 is 5.60 Å². The van der Waals surface area contributed by atoms with Crippen LogP contribution in [0.5, 0.6) is 0 Å². The number of hydrogen-bond donors (Lipinski definition) is 3. The van der Waals surface area contributed by atoms with Crippen molar-refractivity contribution in [1.82, 2.24) is 4.98 Å². The number of nitrogens with one attached hydrogen (secondary N) is 2. The number of benzene rings is 2. The van der Waals surface area contributed by atoms with Crippen molar-refractivity contribution in [2.45, 2.75) is 31.9 Å². The zero-order valence-corrected chi connectivity index (χ0v) is 14.5. The van der Waals surface area contributed by atoms with Crippen LogP contribution in [-0.2, 0) is 5.60 Å². The van der Waals surface area contributed by atoms with Gasteiger partial charge in [-0.25, -0.2) is 0 Å². The van der Waals surface area contributed by atoms with Gasteiger partial charge in [0.05, 0.1) is 6.04 Å². The summed E-state index contributed by atoms with van der Waals surface area (Å²) in [6, 6.07) is 16.4. The molecule has 2 atom stereocenters. The fourth-order valence-corrected chi connectivity index (χ4v) is 4.72. The molecule has 0 saturated carbocycles. The number of aromatic nitrogens is 1. The lowest BCUT2D eigenvalue weighted by Gasteiger charge is -2.47. The molecular formula is C22H22N2O. The van der Waals surface area contributed by atoms with Gasteiger partial charge >= 0.3 is 0 Å². The number of aromatic amines is 1. The first-order valence-electron chi connectivity index (χ1n) is 8.86. The minimum Gasteiger partial charge on any atom is -0.382 e. The Balaban J connectivity index is 1.68. The molecule has 25 heavy (non-hydrogen) atoms. The average molecular weight is 330 g/mol. The third-order valence-electron chi connectivity index (χ3n) is 6.07. The van der Waals surface area contributed by atoms with Crippen LogP contribution in [0, 0.1) is 5.41 Å². The molecule has 3 aromatic rings. The maximum Gasteiger partial charge on any atom is 0.121 e. The van der Waals surface area contributed by atoms with Crippen molar-refractivity contribution in [1.29, 1.82) is 0 Å². The van der Waals surface area contributed by atoms with Crippen molar-refractivity contribution >= 4 is 22.2 Å². The van der Waals surface area contributed by atoms with Gasteiger partial charge in [-0.05, 0) is 24.1 Å². The Morgan fingerprint density at radius 1 is 1.04 bits per heavy atom. The Bertz CT molecular complexity index is 1010. The number of H-pyrrole nitrogens is 1. The molecule has 126 valence electrons. The molecule has 3 heteroatoms. The van der Waals surface area contributed by atoms with Crippen molar-refractivity contribution in [2.24, 2.45) is 5.41 Å². The Morgan fingerprint density at radius 2 is 1.80 bits per heavy atom. The molecule has 3 N–H and O–H groups in total. The third-order valence-corrected chi connectivity index (χ3v) is 6.07.